The first-order valence-corrected chi connectivity index (χ1v) is 19.3. The number of phenolic OH excluding ortho intramolecular Hbond substituents is 2. The summed E-state index contributed by atoms with van der Waals surface area (Å²) in [6.07, 6.45) is -7.53. The van der Waals surface area contributed by atoms with Gasteiger partial charge in [-0.15, -0.1) is 0 Å². The zero-order chi connectivity index (χ0) is 44.5. The van der Waals surface area contributed by atoms with Gasteiger partial charge in [-0.1, -0.05) is 36.4 Å². The number of esters is 1. The molecule has 3 aromatic carbocycles. The number of carbonyl (C=O) groups excluding carboxylic acids is 6. The van der Waals surface area contributed by atoms with Crippen LogP contribution < -0.4 is 0 Å². The van der Waals surface area contributed by atoms with Crippen molar-refractivity contribution in [2.24, 2.45) is 10.9 Å². The molecule has 6 N–H and O–H groups in total. The van der Waals surface area contributed by atoms with E-state index < -0.39 is 159 Å². The van der Waals surface area contributed by atoms with Crippen LogP contribution in [-0.4, -0.2) is 147 Å². The van der Waals surface area contributed by atoms with E-state index in [4.69, 9.17) is 18.9 Å². The van der Waals surface area contributed by atoms with Gasteiger partial charge in [-0.25, -0.2) is 0 Å². The summed E-state index contributed by atoms with van der Waals surface area (Å²) in [5, 5.41) is 68.9. The Morgan fingerprint density at radius 2 is 1.67 bits per heavy atom. The van der Waals surface area contributed by atoms with Crippen molar-refractivity contribution in [2.75, 3.05) is 34.4 Å². The summed E-state index contributed by atoms with van der Waals surface area (Å²) in [6.45, 7) is 1.68. The van der Waals surface area contributed by atoms with Crippen molar-refractivity contribution in [1.29, 1.82) is 0 Å². The SMILES string of the molecule is CO[C@@H]1[C@@H](O)[C@@H](CO)C(N=C2CC(=O)c3c(cc4c(c3O)C(=O)[C@]3(OC)[C@H](O)Cc5cc(C)c(C(=O)N(C)CC(=O)OCc6ccccc6)c(O)c5[C@]3(O)C4=O)C2=O)O[C@H]1C. The van der Waals surface area contributed by atoms with E-state index in [1.807, 2.05) is 0 Å². The molecule has 3 aromatic rings. The molecule has 322 valence electrons. The number of phenols is 2. The van der Waals surface area contributed by atoms with Gasteiger partial charge in [0, 0.05) is 44.4 Å². The number of benzene rings is 3. The Morgan fingerprint density at radius 1 is 0.984 bits per heavy atom. The van der Waals surface area contributed by atoms with Gasteiger partial charge in [-0.3, -0.25) is 33.8 Å². The Balaban J connectivity index is 1.30. The number of hydrogen-bond donors (Lipinski definition) is 6. The molecule has 0 saturated carbocycles. The fourth-order valence-electron chi connectivity index (χ4n) is 9.09. The molecule has 61 heavy (non-hydrogen) atoms. The average molecular weight is 845 g/mol. The number of methoxy groups -OCH3 is 2. The van der Waals surface area contributed by atoms with Crippen LogP contribution in [0.2, 0.25) is 0 Å². The molecule has 1 saturated heterocycles. The van der Waals surface area contributed by atoms with E-state index >= 15 is 0 Å². The van der Waals surface area contributed by atoms with Crippen molar-refractivity contribution in [3.63, 3.8) is 0 Å². The minimum Gasteiger partial charge on any atom is -0.507 e. The number of likely N-dealkylation sites (N-methyl/N-ethyl adjacent to an activating group) is 1. The van der Waals surface area contributed by atoms with Crippen LogP contribution in [0.3, 0.4) is 0 Å². The van der Waals surface area contributed by atoms with Gasteiger partial charge in [0.1, 0.15) is 30.8 Å². The molecule has 1 fully saturated rings. The molecule has 1 unspecified atom stereocenters. The van der Waals surface area contributed by atoms with Gasteiger partial charge in [-0.05, 0) is 36.6 Å². The maximum atomic E-state index is 14.9. The maximum absolute atomic E-state index is 14.9. The summed E-state index contributed by atoms with van der Waals surface area (Å²) in [4.78, 5) is 89.3. The first kappa shape index (κ1) is 43.4. The van der Waals surface area contributed by atoms with Crippen LogP contribution in [-0.2, 0) is 42.4 Å². The first-order valence-electron chi connectivity index (χ1n) is 19.3. The molecule has 18 nitrogen and oxygen atoms in total. The molecule has 1 heterocycles. The van der Waals surface area contributed by atoms with Crippen LogP contribution in [0, 0.1) is 12.8 Å². The zero-order valence-electron chi connectivity index (χ0n) is 33.7. The topological polar surface area (TPSA) is 276 Å². The van der Waals surface area contributed by atoms with Crippen LogP contribution in [0.5, 0.6) is 11.5 Å². The standard InChI is InChI=1S/C43H44N2O16/c1-18-11-21-12-27(48)43(59-5)39(55)31-23(13-22-30(35(31)52)26(47)14-25(33(22)50)44-40-24(16-46)34(51)37(58-4)19(2)61-40)38(54)42(43,57)32(21)36(53)29(18)41(56)45(3)15-28(49)60-17-20-9-7-6-8-10-20/h6-11,13,19,24,27,34,37,40,46,48,51-53,57H,12,14-17H2,1-5H3/t19-,24+,27+,34-,37-,40?,42-,43+/m0/s1. The second-order valence-corrected chi connectivity index (χ2v) is 15.6. The molecule has 0 aromatic heterocycles. The highest BCUT2D eigenvalue weighted by Crippen LogP contribution is 2.56. The average Bonchev–Trinajstić information content (AvgIpc) is 3.21. The van der Waals surface area contributed by atoms with Crippen molar-refractivity contribution in [3.05, 3.63) is 92.5 Å². The molecule has 0 spiro atoms. The number of amides is 1. The lowest BCUT2D eigenvalue weighted by Crippen LogP contribution is -2.73. The fraction of sp³-hybridized carbons (Fsp3) is 0.419. The van der Waals surface area contributed by atoms with E-state index in [2.05, 4.69) is 4.99 Å². The monoisotopic (exact) mass is 844 g/mol. The maximum Gasteiger partial charge on any atom is 0.325 e. The van der Waals surface area contributed by atoms with E-state index in [0.29, 0.717) is 5.56 Å². The highest BCUT2D eigenvalue weighted by molar-refractivity contribution is 6.53. The Labute approximate surface area is 347 Å². The number of ketones is 4. The van der Waals surface area contributed by atoms with Gasteiger partial charge < -0.3 is 54.5 Å². The molecular weight excluding hydrogens is 800 g/mol. The number of aliphatic imine (C=N–C) groups is 1. The van der Waals surface area contributed by atoms with Gasteiger partial charge in [0.05, 0.1) is 59.7 Å². The largest absolute Gasteiger partial charge is 0.507 e. The van der Waals surface area contributed by atoms with Crippen molar-refractivity contribution in [2.45, 2.75) is 75.1 Å². The van der Waals surface area contributed by atoms with Gasteiger partial charge in [0.25, 0.3) is 5.91 Å². The minimum atomic E-state index is -3.34. The van der Waals surface area contributed by atoms with E-state index in [1.165, 1.54) is 27.1 Å². The molecule has 0 bridgehead atoms. The third kappa shape index (κ3) is 6.48. The van der Waals surface area contributed by atoms with Gasteiger partial charge in [0.15, 0.2) is 23.2 Å². The van der Waals surface area contributed by atoms with Crippen molar-refractivity contribution in [1.82, 2.24) is 4.90 Å². The minimum absolute atomic E-state index is 0.0651. The summed E-state index contributed by atoms with van der Waals surface area (Å²) < 4.78 is 22.0. The molecule has 7 rings (SSSR count). The Morgan fingerprint density at radius 3 is 2.31 bits per heavy atom. The molecule has 0 radical (unpaired) electrons. The molecule has 1 amide bonds. The number of nitrogens with zero attached hydrogens (tertiary/aromatic N) is 2. The van der Waals surface area contributed by atoms with Crippen LogP contribution in [0.15, 0.2) is 47.5 Å². The number of rotatable bonds is 9. The van der Waals surface area contributed by atoms with Crippen LogP contribution in [0.25, 0.3) is 0 Å². The number of carbonyl (C=O) groups is 6. The third-order valence-corrected chi connectivity index (χ3v) is 12.1. The third-order valence-electron chi connectivity index (χ3n) is 12.1. The highest BCUT2D eigenvalue weighted by Gasteiger charge is 2.72. The molecule has 1 aliphatic heterocycles. The first-order chi connectivity index (χ1) is 28.9. The highest BCUT2D eigenvalue weighted by atomic mass is 16.6. The Bertz CT molecular complexity index is 2410. The van der Waals surface area contributed by atoms with Crippen LogP contribution in [0.4, 0.5) is 0 Å². The lowest BCUT2D eigenvalue weighted by Gasteiger charge is -2.53. The van der Waals surface area contributed by atoms with Crippen LogP contribution >= 0.6 is 0 Å². The normalized spacial score (nSPS) is 28.8. The molecule has 4 aliphatic rings. The summed E-state index contributed by atoms with van der Waals surface area (Å²) in [5.41, 5.74) is -10.1. The van der Waals surface area contributed by atoms with E-state index in [0.717, 1.165) is 18.1 Å². The van der Waals surface area contributed by atoms with E-state index in [1.54, 1.807) is 37.3 Å². The quantitative estimate of drug-likeness (QED) is 0.162. The molecular formula is C43H44N2O16. The summed E-state index contributed by atoms with van der Waals surface area (Å²) in [7, 11) is 3.48. The van der Waals surface area contributed by atoms with Gasteiger partial charge in [0.2, 0.25) is 17.3 Å². The lowest BCUT2D eigenvalue weighted by atomic mass is 9.56. The van der Waals surface area contributed by atoms with E-state index in [9.17, 15) is 59.4 Å². The van der Waals surface area contributed by atoms with Crippen molar-refractivity contribution < 1.29 is 78.4 Å². The predicted molar refractivity (Wildman–Crippen MR) is 209 cm³/mol. The molecule has 3 aliphatic carbocycles. The summed E-state index contributed by atoms with van der Waals surface area (Å²) in [5.74, 6) is -9.69. The van der Waals surface area contributed by atoms with Gasteiger partial charge in [-0.2, -0.15) is 0 Å². The number of Topliss-reactive ketones (excluding diaryl/α,β-unsaturated/α-hetero) is 4. The Hall–Kier alpha value is -5.73. The lowest BCUT2D eigenvalue weighted by molar-refractivity contribution is -0.206. The molecule has 18 heteroatoms. The predicted octanol–water partition coefficient (Wildman–Crippen LogP) is 0.730. The number of aromatic hydroxyl groups is 2. The summed E-state index contributed by atoms with van der Waals surface area (Å²) in [6, 6.07) is 10.9. The number of hydrogen-bond acceptors (Lipinski definition) is 17. The number of aliphatic hydroxyl groups excluding tert-OH is 3. The number of aliphatic hydroxyl groups is 4. The van der Waals surface area contributed by atoms with Crippen LogP contribution in [0.1, 0.15) is 87.4 Å². The van der Waals surface area contributed by atoms with Gasteiger partial charge >= 0.3 is 5.97 Å². The second-order valence-electron chi connectivity index (χ2n) is 15.6. The zero-order valence-corrected chi connectivity index (χ0v) is 33.7. The van der Waals surface area contributed by atoms with Crippen molar-refractivity contribution in [3.8, 4) is 11.5 Å². The number of aryl methyl sites for hydroxylation is 1. The Kier molecular flexibility index (Phi) is 11.3. The van der Waals surface area contributed by atoms with Crippen molar-refractivity contribution >= 4 is 40.7 Å². The van der Waals surface area contributed by atoms with E-state index in [-0.39, 0.29) is 17.7 Å². The number of fused-ring (bicyclic) bond motifs is 5. The number of ether oxygens (including phenoxy) is 4. The smallest absolute Gasteiger partial charge is 0.325 e. The second kappa shape index (κ2) is 15.9. The summed E-state index contributed by atoms with van der Waals surface area (Å²) >= 11 is 0. The fourth-order valence-corrected chi connectivity index (χ4v) is 9.09. The molecule has 8 atom stereocenters.